The molecule has 16 heavy (non-hydrogen) atoms. The first-order valence-electron chi connectivity index (χ1n) is 5.30. The molecule has 0 aromatic carbocycles. The standard InChI is InChI=1S/C10H15N3O2S/c1-8(9(14)15)12-3-5-13(6-4-12)10-11-2-7-16-10/h2,7-8H,3-6H2,1H3,(H,14,15). The van der Waals surface area contributed by atoms with E-state index in [0.29, 0.717) is 0 Å². The van der Waals surface area contributed by atoms with Crippen LogP contribution in [0.25, 0.3) is 0 Å². The van der Waals surface area contributed by atoms with Crippen LogP contribution in [0.15, 0.2) is 11.6 Å². The Kier molecular flexibility index (Phi) is 3.40. The summed E-state index contributed by atoms with van der Waals surface area (Å²) in [7, 11) is 0. The Hall–Kier alpha value is -1.14. The lowest BCUT2D eigenvalue weighted by atomic mass is 10.2. The first-order valence-corrected chi connectivity index (χ1v) is 6.18. The van der Waals surface area contributed by atoms with Gasteiger partial charge in [-0.25, -0.2) is 4.98 Å². The zero-order chi connectivity index (χ0) is 11.5. The van der Waals surface area contributed by atoms with Gasteiger partial charge in [-0.2, -0.15) is 0 Å². The molecular formula is C10H15N3O2S. The summed E-state index contributed by atoms with van der Waals surface area (Å²) < 4.78 is 0. The number of aromatic nitrogens is 1. The minimum atomic E-state index is -0.748. The molecule has 1 aliphatic heterocycles. The van der Waals surface area contributed by atoms with Gasteiger partial charge in [0, 0.05) is 37.8 Å². The van der Waals surface area contributed by atoms with Crippen LogP contribution in [0, 0.1) is 0 Å². The van der Waals surface area contributed by atoms with Crippen LogP contribution < -0.4 is 4.90 Å². The number of carboxylic acid groups (broad SMARTS) is 1. The number of carboxylic acids is 1. The maximum atomic E-state index is 10.8. The first-order chi connectivity index (χ1) is 7.68. The third kappa shape index (κ3) is 2.33. The summed E-state index contributed by atoms with van der Waals surface area (Å²) in [6, 6.07) is -0.390. The number of nitrogens with zero attached hydrogens (tertiary/aromatic N) is 3. The van der Waals surface area contributed by atoms with E-state index in [4.69, 9.17) is 5.11 Å². The highest BCUT2D eigenvalue weighted by Crippen LogP contribution is 2.19. The minimum Gasteiger partial charge on any atom is -0.480 e. The van der Waals surface area contributed by atoms with Crippen LogP contribution in [0.2, 0.25) is 0 Å². The van der Waals surface area contributed by atoms with Crippen molar-refractivity contribution >= 4 is 22.4 Å². The second kappa shape index (κ2) is 4.80. The molecule has 5 nitrogen and oxygen atoms in total. The summed E-state index contributed by atoms with van der Waals surface area (Å²) in [5, 5.41) is 11.9. The van der Waals surface area contributed by atoms with E-state index in [1.165, 1.54) is 0 Å². The van der Waals surface area contributed by atoms with Crippen molar-refractivity contribution in [2.45, 2.75) is 13.0 Å². The van der Waals surface area contributed by atoms with Crippen LogP contribution in [0.3, 0.4) is 0 Å². The Morgan fingerprint density at radius 3 is 2.69 bits per heavy atom. The van der Waals surface area contributed by atoms with E-state index in [1.807, 2.05) is 10.3 Å². The van der Waals surface area contributed by atoms with Crippen molar-refractivity contribution in [1.82, 2.24) is 9.88 Å². The van der Waals surface area contributed by atoms with Gasteiger partial charge in [-0.3, -0.25) is 9.69 Å². The summed E-state index contributed by atoms with van der Waals surface area (Å²) >= 11 is 1.63. The molecule has 0 spiro atoms. The number of anilines is 1. The summed E-state index contributed by atoms with van der Waals surface area (Å²) in [5.74, 6) is -0.748. The van der Waals surface area contributed by atoms with Crippen LogP contribution in [-0.4, -0.2) is 53.2 Å². The van der Waals surface area contributed by atoms with Crippen LogP contribution in [-0.2, 0) is 4.79 Å². The summed E-state index contributed by atoms with van der Waals surface area (Å²) in [6.07, 6.45) is 1.80. The SMILES string of the molecule is CC(C(=O)O)N1CCN(c2nccs2)CC1. The molecule has 1 fully saturated rings. The topological polar surface area (TPSA) is 56.7 Å². The van der Waals surface area contributed by atoms with E-state index in [2.05, 4.69) is 9.88 Å². The highest BCUT2D eigenvalue weighted by atomic mass is 32.1. The Balaban J connectivity index is 1.90. The lowest BCUT2D eigenvalue weighted by Crippen LogP contribution is -2.51. The molecule has 0 aliphatic carbocycles. The fourth-order valence-electron chi connectivity index (χ4n) is 1.83. The van der Waals surface area contributed by atoms with Gasteiger partial charge < -0.3 is 10.0 Å². The maximum Gasteiger partial charge on any atom is 0.320 e. The Morgan fingerprint density at radius 2 is 2.19 bits per heavy atom. The average molecular weight is 241 g/mol. The third-order valence-corrected chi connectivity index (χ3v) is 3.74. The van der Waals surface area contributed by atoms with E-state index in [-0.39, 0.29) is 0 Å². The van der Waals surface area contributed by atoms with Crippen molar-refractivity contribution in [2.24, 2.45) is 0 Å². The lowest BCUT2D eigenvalue weighted by Gasteiger charge is -2.36. The monoisotopic (exact) mass is 241 g/mol. The molecule has 1 N–H and O–H groups in total. The van der Waals surface area contributed by atoms with Crippen molar-refractivity contribution < 1.29 is 9.90 Å². The predicted molar refractivity (Wildman–Crippen MR) is 63.0 cm³/mol. The Bertz CT molecular complexity index is 347. The number of hydrogen-bond donors (Lipinski definition) is 1. The molecule has 0 saturated carbocycles. The van der Waals surface area contributed by atoms with E-state index in [9.17, 15) is 4.79 Å². The normalized spacial score (nSPS) is 19.7. The van der Waals surface area contributed by atoms with Crippen LogP contribution in [0.5, 0.6) is 0 Å². The lowest BCUT2D eigenvalue weighted by molar-refractivity contribution is -0.142. The largest absolute Gasteiger partial charge is 0.480 e. The second-order valence-electron chi connectivity index (χ2n) is 3.85. The van der Waals surface area contributed by atoms with Crippen LogP contribution >= 0.6 is 11.3 Å². The third-order valence-electron chi connectivity index (χ3n) is 2.91. The van der Waals surface area contributed by atoms with E-state index < -0.39 is 12.0 Å². The second-order valence-corrected chi connectivity index (χ2v) is 4.72. The van der Waals surface area contributed by atoms with Gasteiger partial charge in [0.25, 0.3) is 0 Å². The number of hydrogen-bond acceptors (Lipinski definition) is 5. The Labute approximate surface area is 98.3 Å². The Morgan fingerprint density at radius 1 is 1.50 bits per heavy atom. The highest BCUT2D eigenvalue weighted by molar-refractivity contribution is 7.13. The molecule has 6 heteroatoms. The molecule has 88 valence electrons. The van der Waals surface area contributed by atoms with Crippen LogP contribution in [0.4, 0.5) is 5.13 Å². The van der Waals surface area contributed by atoms with E-state index in [0.717, 1.165) is 31.3 Å². The molecule has 1 aromatic rings. The van der Waals surface area contributed by atoms with Gasteiger partial charge >= 0.3 is 5.97 Å². The highest BCUT2D eigenvalue weighted by Gasteiger charge is 2.25. The van der Waals surface area contributed by atoms with Gasteiger partial charge in [-0.1, -0.05) is 0 Å². The molecule has 1 aromatic heterocycles. The van der Waals surface area contributed by atoms with Gasteiger partial charge in [0.05, 0.1) is 0 Å². The molecule has 2 heterocycles. The molecule has 0 bridgehead atoms. The smallest absolute Gasteiger partial charge is 0.320 e. The first kappa shape index (κ1) is 11.3. The van der Waals surface area contributed by atoms with Gasteiger partial charge in [0.2, 0.25) is 0 Å². The molecule has 1 atom stereocenters. The van der Waals surface area contributed by atoms with Crippen molar-refractivity contribution in [3.8, 4) is 0 Å². The summed E-state index contributed by atoms with van der Waals surface area (Å²) in [6.45, 7) is 5.01. The molecule has 1 aliphatic rings. The minimum absolute atomic E-state index is 0.390. The molecule has 1 saturated heterocycles. The zero-order valence-electron chi connectivity index (χ0n) is 9.17. The van der Waals surface area contributed by atoms with E-state index in [1.54, 1.807) is 24.5 Å². The summed E-state index contributed by atoms with van der Waals surface area (Å²) in [5.41, 5.74) is 0. The molecular weight excluding hydrogens is 226 g/mol. The number of thiazole rings is 1. The van der Waals surface area contributed by atoms with Crippen molar-refractivity contribution in [3.63, 3.8) is 0 Å². The number of piperazine rings is 1. The zero-order valence-corrected chi connectivity index (χ0v) is 9.98. The molecule has 2 rings (SSSR count). The van der Waals surface area contributed by atoms with Crippen molar-refractivity contribution in [3.05, 3.63) is 11.6 Å². The van der Waals surface area contributed by atoms with Gasteiger partial charge in [-0.05, 0) is 6.92 Å². The number of aliphatic carboxylic acids is 1. The number of rotatable bonds is 3. The molecule has 0 radical (unpaired) electrons. The van der Waals surface area contributed by atoms with Crippen molar-refractivity contribution in [2.75, 3.05) is 31.1 Å². The predicted octanol–water partition coefficient (Wildman–Crippen LogP) is 0.738. The molecule has 1 unspecified atom stereocenters. The fraction of sp³-hybridized carbons (Fsp3) is 0.600. The van der Waals surface area contributed by atoms with Gasteiger partial charge in [0.1, 0.15) is 6.04 Å². The quantitative estimate of drug-likeness (QED) is 0.846. The van der Waals surface area contributed by atoms with Gasteiger partial charge in [-0.15, -0.1) is 11.3 Å². The summed E-state index contributed by atoms with van der Waals surface area (Å²) in [4.78, 5) is 19.3. The van der Waals surface area contributed by atoms with Crippen molar-refractivity contribution in [1.29, 1.82) is 0 Å². The molecule has 0 amide bonds. The number of carbonyl (C=O) groups is 1. The fourth-order valence-corrected chi connectivity index (χ4v) is 2.53. The van der Waals surface area contributed by atoms with Crippen LogP contribution in [0.1, 0.15) is 6.92 Å². The van der Waals surface area contributed by atoms with Gasteiger partial charge in [0.15, 0.2) is 5.13 Å². The maximum absolute atomic E-state index is 10.8. The average Bonchev–Trinajstić information content (AvgIpc) is 2.81. The van der Waals surface area contributed by atoms with E-state index >= 15 is 0 Å².